The highest BCUT2D eigenvalue weighted by Crippen LogP contribution is 2.29. The zero-order chi connectivity index (χ0) is 13.3. The molecule has 1 saturated carbocycles. The van der Waals surface area contributed by atoms with Crippen molar-refractivity contribution in [2.75, 3.05) is 19.6 Å². The maximum Gasteiger partial charge on any atom is 0.323 e. The number of amides is 2. The Morgan fingerprint density at radius 2 is 1.89 bits per heavy atom. The van der Waals surface area contributed by atoms with E-state index in [1.165, 1.54) is 4.90 Å². The number of nitrogens with zero attached hydrogens (tertiary/aromatic N) is 2. The summed E-state index contributed by atoms with van der Waals surface area (Å²) in [5.41, 5.74) is 0. The van der Waals surface area contributed by atoms with Gasteiger partial charge in [-0.25, -0.2) is 4.79 Å². The summed E-state index contributed by atoms with van der Waals surface area (Å²) in [6.45, 7) is 5.71. The molecule has 1 aliphatic heterocycles. The number of hydrogen-bond donors (Lipinski definition) is 1. The van der Waals surface area contributed by atoms with Crippen molar-refractivity contribution in [3.05, 3.63) is 0 Å². The van der Waals surface area contributed by atoms with E-state index in [1.807, 2.05) is 4.90 Å². The van der Waals surface area contributed by atoms with Crippen molar-refractivity contribution in [2.24, 2.45) is 11.8 Å². The van der Waals surface area contributed by atoms with Crippen molar-refractivity contribution in [2.45, 2.75) is 39.2 Å². The highest BCUT2D eigenvalue weighted by Gasteiger charge is 2.37. The van der Waals surface area contributed by atoms with Gasteiger partial charge in [-0.1, -0.05) is 13.8 Å². The molecule has 2 fully saturated rings. The second kappa shape index (κ2) is 5.16. The fourth-order valence-electron chi connectivity index (χ4n) is 2.50. The second-order valence-electron chi connectivity index (χ2n) is 5.72. The third-order valence-electron chi connectivity index (χ3n) is 4.14. The van der Waals surface area contributed by atoms with Gasteiger partial charge in [0.1, 0.15) is 6.54 Å². The minimum Gasteiger partial charge on any atom is -0.480 e. The van der Waals surface area contributed by atoms with Crippen LogP contribution in [-0.4, -0.2) is 52.6 Å². The van der Waals surface area contributed by atoms with Crippen molar-refractivity contribution < 1.29 is 14.7 Å². The topological polar surface area (TPSA) is 60.9 Å². The zero-order valence-corrected chi connectivity index (χ0v) is 11.1. The van der Waals surface area contributed by atoms with Crippen LogP contribution in [-0.2, 0) is 4.79 Å². The predicted molar refractivity (Wildman–Crippen MR) is 67.3 cm³/mol. The molecule has 1 saturated heterocycles. The average Bonchev–Trinajstić information content (AvgIpc) is 3.12. The van der Waals surface area contributed by atoms with Crippen LogP contribution in [0.2, 0.25) is 0 Å². The lowest BCUT2D eigenvalue weighted by Crippen LogP contribution is -2.50. The Balaban J connectivity index is 1.97. The minimum absolute atomic E-state index is 0.0846. The van der Waals surface area contributed by atoms with Crippen molar-refractivity contribution in [3.63, 3.8) is 0 Å². The Morgan fingerprint density at radius 1 is 1.22 bits per heavy atom. The van der Waals surface area contributed by atoms with Gasteiger partial charge in [-0.3, -0.25) is 4.79 Å². The van der Waals surface area contributed by atoms with Gasteiger partial charge in [0.05, 0.1) is 0 Å². The molecule has 0 spiro atoms. The summed E-state index contributed by atoms with van der Waals surface area (Å²) in [5.74, 6) is 0.213. The molecule has 2 atom stereocenters. The van der Waals surface area contributed by atoms with Crippen LogP contribution in [0.5, 0.6) is 0 Å². The lowest BCUT2D eigenvalue weighted by molar-refractivity contribution is -0.137. The highest BCUT2D eigenvalue weighted by atomic mass is 16.4. The number of rotatable bonds is 3. The molecule has 2 amide bonds. The first-order valence-corrected chi connectivity index (χ1v) is 6.76. The van der Waals surface area contributed by atoms with E-state index in [-0.39, 0.29) is 18.6 Å². The number of carbonyl (C=O) groups is 2. The second-order valence-corrected chi connectivity index (χ2v) is 5.72. The van der Waals surface area contributed by atoms with Gasteiger partial charge in [0.2, 0.25) is 0 Å². The molecule has 2 aliphatic rings. The molecule has 0 bridgehead atoms. The molecular formula is C13H22N2O3. The van der Waals surface area contributed by atoms with Crippen LogP contribution in [0.4, 0.5) is 4.79 Å². The van der Waals surface area contributed by atoms with Gasteiger partial charge in [0.15, 0.2) is 0 Å². The quantitative estimate of drug-likeness (QED) is 0.832. The number of carboxylic acids is 1. The molecule has 5 nitrogen and oxygen atoms in total. The van der Waals surface area contributed by atoms with Gasteiger partial charge in [-0.05, 0) is 31.1 Å². The summed E-state index contributed by atoms with van der Waals surface area (Å²) < 4.78 is 0. The summed E-state index contributed by atoms with van der Waals surface area (Å²) in [6, 6.07) is 0.0712. The van der Waals surface area contributed by atoms with Gasteiger partial charge >= 0.3 is 12.0 Å². The number of piperidine rings is 1. The van der Waals surface area contributed by atoms with E-state index in [0.29, 0.717) is 11.8 Å². The normalized spacial score (nSPS) is 28.0. The van der Waals surface area contributed by atoms with Crippen LogP contribution in [0.1, 0.15) is 33.1 Å². The maximum atomic E-state index is 12.4. The lowest BCUT2D eigenvalue weighted by Gasteiger charge is -2.38. The average molecular weight is 254 g/mol. The molecule has 1 aliphatic carbocycles. The van der Waals surface area contributed by atoms with E-state index in [4.69, 9.17) is 5.11 Å². The van der Waals surface area contributed by atoms with Gasteiger partial charge < -0.3 is 14.9 Å². The molecule has 18 heavy (non-hydrogen) atoms. The number of carbonyl (C=O) groups excluding carboxylic acids is 1. The van der Waals surface area contributed by atoms with Crippen LogP contribution in [0.3, 0.4) is 0 Å². The summed E-state index contributed by atoms with van der Waals surface area (Å²) >= 11 is 0. The van der Waals surface area contributed by atoms with E-state index in [9.17, 15) is 9.59 Å². The molecule has 0 aromatic heterocycles. The van der Waals surface area contributed by atoms with Crippen molar-refractivity contribution in [3.8, 4) is 0 Å². The highest BCUT2D eigenvalue weighted by molar-refractivity contribution is 5.80. The lowest BCUT2D eigenvalue weighted by atomic mass is 9.89. The number of urea groups is 1. The summed E-state index contributed by atoms with van der Waals surface area (Å²) in [7, 11) is 0. The minimum atomic E-state index is -0.923. The Kier molecular flexibility index (Phi) is 3.78. The van der Waals surface area contributed by atoms with Gasteiger partial charge in [0, 0.05) is 19.1 Å². The number of hydrogen-bond acceptors (Lipinski definition) is 2. The molecule has 1 heterocycles. The zero-order valence-electron chi connectivity index (χ0n) is 11.1. The number of likely N-dealkylation sites (tertiary alicyclic amines) is 1. The Labute approximate surface area is 108 Å². The van der Waals surface area contributed by atoms with Gasteiger partial charge in [0.25, 0.3) is 0 Å². The van der Waals surface area contributed by atoms with E-state index < -0.39 is 5.97 Å². The Morgan fingerprint density at radius 3 is 2.39 bits per heavy atom. The van der Waals surface area contributed by atoms with E-state index >= 15 is 0 Å². The summed E-state index contributed by atoms with van der Waals surface area (Å²) in [6.07, 6.45) is 2.90. The monoisotopic (exact) mass is 254 g/mol. The van der Waals surface area contributed by atoms with Crippen molar-refractivity contribution in [1.29, 1.82) is 0 Å². The standard InChI is InChI=1S/C13H22N2O3/c1-9-5-6-14(7-10(9)2)13(18)15(8-12(16)17)11-3-4-11/h9-11H,3-8H2,1-2H3,(H,16,17). The Bertz CT molecular complexity index is 341. The third-order valence-corrected chi connectivity index (χ3v) is 4.14. The molecule has 2 rings (SSSR count). The summed E-state index contributed by atoms with van der Waals surface area (Å²) in [5, 5.41) is 8.89. The molecular weight excluding hydrogens is 232 g/mol. The molecule has 0 radical (unpaired) electrons. The molecule has 0 aromatic carbocycles. The van der Waals surface area contributed by atoms with Crippen LogP contribution >= 0.6 is 0 Å². The molecule has 1 N–H and O–H groups in total. The smallest absolute Gasteiger partial charge is 0.323 e. The van der Waals surface area contributed by atoms with E-state index in [2.05, 4.69) is 13.8 Å². The first kappa shape index (κ1) is 13.2. The molecule has 0 aromatic rings. The molecule has 102 valence electrons. The predicted octanol–water partition coefficient (Wildman–Crippen LogP) is 1.63. The fraction of sp³-hybridized carbons (Fsp3) is 0.846. The Hall–Kier alpha value is -1.26. The van der Waals surface area contributed by atoms with Gasteiger partial charge in [-0.2, -0.15) is 0 Å². The van der Waals surface area contributed by atoms with Crippen molar-refractivity contribution >= 4 is 12.0 Å². The molecule has 2 unspecified atom stereocenters. The van der Waals surface area contributed by atoms with Crippen LogP contribution < -0.4 is 0 Å². The first-order valence-electron chi connectivity index (χ1n) is 6.76. The van der Waals surface area contributed by atoms with E-state index in [1.54, 1.807) is 0 Å². The number of carboxylic acid groups (broad SMARTS) is 1. The van der Waals surface area contributed by atoms with Crippen LogP contribution in [0.25, 0.3) is 0 Å². The maximum absolute atomic E-state index is 12.4. The summed E-state index contributed by atoms with van der Waals surface area (Å²) in [4.78, 5) is 26.5. The third kappa shape index (κ3) is 2.94. The first-order chi connectivity index (χ1) is 8.49. The van der Waals surface area contributed by atoms with Crippen molar-refractivity contribution in [1.82, 2.24) is 9.80 Å². The van der Waals surface area contributed by atoms with Crippen LogP contribution in [0.15, 0.2) is 0 Å². The number of aliphatic carboxylic acids is 1. The fourth-order valence-corrected chi connectivity index (χ4v) is 2.50. The van der Waals surface area contributed by atoms with Gasteiger partial charge in [-0.15, -0.1) is 0 Å². The molecule has 5 heteroatoms. The van der Waals surface area contributed by atoms with Crippen LogP contribution in [0, 0.1) is 11.8 Å². The largest absolute Gasteiger partial charge is 0.480 e. The van der Waals surface area contributed by atoms with E-state index in [0.717, 1.165) is 32.4 Å². The SMILES string of the molecule is CC1CCN(C(=O)N(CC(=O)O)C2CC2)CC1C.